The number of hydrogen-bond donors (Lipinski definition) is 2. The van der Waals surface area contributed by atoms with Crippen molar-refractivity contribution >= 4 is 5.97 Å². The third-order valence-electron chi connectivity index (χ3n) is 2.55. The van der Waals surface area contributed by atoms with Crippen molar-refractivity contribution in [2.24, 2.45) is 0 Å². The molecule has 0 aromatic carbocycles. The van der Waals surface area contributed by atoms with E-state index in [4.69, 9.17) is 13.9 Å². The third-order valence-corrected chi connectivity index (χ3v) is 2.55. The van der Waals surface area contributed by atoms with Gasteiger partial charge in [-0.15, -0.1) is 0 Å². The van der Waals surface area contributed by atoms with Gasteiger partial charge in [-0.25, -0.2) is 9.78 Å². The van der Waals surface area contributed by atoms with E-state index in [1.54, 1.807) is 0 Å². The lowest BCUT2D eigenvalue weighted by Gasteiger charge is -1.97. The molecular weight excluding hydrogens is 236 g/mol. The molecule has 2 heterocycles. The number of nitrogens with zero attached hydrogens (tertiary/aromatic N) is 1. The van der Waals surface area contributed by atoms with E-state index in [9.17, 15) is 4.79 Å². The van der Waals surface area contributed by atoms with Gasteiger partial charge in [-0.05, 0) is 19.9 Å². The fraction of sp³-hybridized carbons (Fsp3) is 0.333. The number of carbonyl (C=O) groups is 1. The molecule has 0 spiro atoms. The lowest BCUT2D eigenvalue weighted by atomic mass is 10.3. The van der Waals surface area contributed by atoms with Crippen LogP contribution < -0.4 is 5.32 Å². The van der Waals surface area contributed by atoms with Crippen molar-refractivity contribution in [1.82, 2.24) is 10.3 Å². The quantitative estimate of drug-likeness (QED) is 0.842. The maximum atomic E-state index is 10.6. The first-order valence-corrected chi connectivity index (χ1v) is 5.50. The second-order valence-corrected chi connectivity index (χ2v) is 3.96. The largest absolute Gasteiger partial charge is 0.478 e. The molecule has 2 aromatic rings. The number of oxazole rings is 1. The Kier molecular flexibility index (Phi) is 3.47. The minimum Gasteiger partial charge on any atom is -0.478 e. The molecule has 6 nitrogen and oxygen atoms in total. The lowest BCUT2D eigenvalue weighted by molar-refractivity contribution is 0.0696. The summed E-state index contributed by atoms with van der Waals surface area (Å²) in [5.74, 6) is 0.976. The molecule has 0 aliphatic heterocycles. The highest BCUT2D eigenvalue weighted by atomic mass is 16.4. The number of carboxylic acid groups (broad SMARTS) is 1. The number of hydrogen-bond acceptors (Lipinski definition) is 5. The third kappa shape index (κ3) is 2.78. The number of aromatic carboxylic acids is 1. The van der Waals surface area contributed by atoms with Gasteiger partial charge in [0.2, 0.25) is 5.89 Å². The zero-order valence-corrected chi connectivity index (χ0v) is 10.2. The van der Waals surface area contributed by atoms with Crippen LogP contribution >= 0.6 is 0 Å². The standard InChI is InChI=1S/C12H14N2O4/c1-7-8(2)18-11(14-7)5-13-4-10-3-9(6-17-10)12(15)16/h3,6,13H,4-5H2,1-2H3,(H,15,16). The van der Waals surface area contributed by atoms with Gasteiger partial charge in [-0.2, -0.15) is 0 Å². The first-order valence-electron chi connectivity index (χ1n) is 5.50. The predicted molar refractivity (Wildman–Crippen MR) is 62.2 cm³/mol. The number of aromatic nitrogens is 1. The van der Waals surface area contributed by atoms with Crippen LogP contribution in [0.4, 0.5) is 0 Å². The topological polar surface area (TPSA) is 88.5 Å². The van der Waals surface area contributed by atoms with Crippen molar-refractivity contribution in [1.29, 1.82) is 0 Å². The molecule has 2 N–H and O–H groups in total. The minimum absolute atomic E-state index is 0.148. The summed E-state index contributed by atoms with van der Waals surface area (Å²) < 4.78 is 10.5. The molecule has 96 valence electrons. The average Bonchev–Trinajstić information content (AvgIpc) is 2.88. The first-order chi connectivity index (χ1) is 8.56. The Balaban J connectivity index is 1.86. The van der Waals surface area contributed by atoms with Gasteiger partial charge in [-0.1, -0.05) is 0 Å². The SMILES string of the molecule is Cc1nc(CNCc2cc(C(=O)O)co2)oc1C. The van der Waals surface area contributed by atoms with Gasteiger partial charge in [0.15, 0.2) is 0 Å². The van der Waals surface area contributed by atoms with E-state index in [1.807, 2.05) is 13.8 Å². The van der Waals surface area contributed by atoms with Crippen molar-refractivity contribution in [3.05, 3.63) is 41.0 Å². The molecule has 0 aliphatic carbocycles. The molecule has 0 amide bonds. The normalized spacial score (nSPS) is 10.8. The highest BCUT2D eigenvalue weighted by Crippen LogP contribution is 2.09. The number of furan rings is 1. The Hall–Kier alpha value is -2.08. The lowest BCUT2D eigenvalue weighted by Crippen LogP contribution is -2.12. The second kappa shape index (κ2) is 5.05. The van der Waals surface area contributed by atoms with Gasteiger partial charge < -0.3 is 19.3 Å². The summed E-state index contributed by atoms with van der Waals surface area (Å²) in [4.78, 5) is 14.9. The molecule has 0 aliphatic rings. The first kappa shape index (κ1) is 12.4. The number of aryl methyl sites for hydroxylation is 2. The number of rotatable bonds is 5. The summed E-state index contributed by atoms with van der Waals surface area (Å²) in [6.07, 6.45) is 1.22. The smallest absolute Gasteiger partial charge is 0.338 e. The average molecular weight is 250 g/mol. The van der Waals surface area contributed by atoms with E-state index in [-0.39, 0.29) is 5.56 Å². The monoisotopic (exact) mass is 250 g/mol. The van der Waals surface area contributed by atoms with Crippen LogP contribution in [0.2, 0.25) is 0 Å². The van der Waals surface area contributed by atoms with Crippen molar-refractivity contribution in [3.63, 3.8) is 0 Å². The van der Waals surface area contributed by atoms with Crippen LogP contribution in [0, 0.1) is 13.8 Å². The Morgan fingerprint density at radius 1 is 1.44 bits per heavy atom. The van der Waals surface area contributed by atoms with E-state index >= 15 is 0 Å². The van der Waals surface area contributed by atoms with E-state index < -0.39 is 5.97 Å². The zero-order valence-electron chi connectivity index (χ0n) is 10.2. The Labute approximate surface area is 104 Å². The fourth-order valence-electron chi connectivity index (χ4n) is 1.49. The maximum absolute atomic E-state index is 10.6. The summed E-state index contributed by atoms with van der Waals surface area (Å²) in [7, 11) is 0. The van der Waals surface area contributed by atoms with Crippen LogP contribution in [0.15, 0.2) is 21.2 Å². The fourth-order valence-corrected chi connectivity index (χ4v) is 1.49. The van der Waals surface area contributed by atoms with E-state index in [0.717, 1.165) is 11.5 Å². The molecule has 18 heavy (non-hydrogen) atoms. The molecule has 0 saturated heterocycles. The van der Waals surface area contributed by atoms with Crippen LogP contribution in [0.3, 0.4) is 0 Å². The molecule has 0 radical (unpaired) electrons. The molecule has 0 atom stereocenters. The van der Waals surface area contributed by atoms with E-state index in [1.165, 1.54) is 12.3 Å². The zero-order chi connectivity index (χ0) is 13.1. The molecule has 0 bridgehead atoms. The summed E-state index contributed by atoms with van der Waals surface area (Å²) in [6, 6.07) is 1.49. The van der Waals surface area contributed by atoms with Gasteiger partial charge in [0, 0.05) is 0 Å². The Bertz CT molecular complexity index is 537. The van der Waals surface area contributed by atoms with Crippen molar-refractivity contribution in [3.8, 4) is 0 Å². The van der Waals surface area contributed by atoms with Crippen LogP contribution in [-0.4, -0.2) is 16.1 Å². The van der Waals surface area contributed by atoms with Crippen molar-refractivity contribution in [2.75, 3.05) is 0 Å². The highest BCUT2D eigenvalue weighted by Gasteiger charge is 2.09. The Morgan fingerprint density at radius 2 is 2.22 bits per heavy atom. The predicted octanol–water partition coefficient (Wildman–Crippen LogP) is 1.87. The summed E-state index contributed by atoms with van der Waals surface area (Å²) in [5, 5.41) is 11.8. The van der Waals surface area contributed by atoms with Crippen LogP contribution in [0.1, 0.15) is 33.5 Å². The summed E-state index contributed by atoms with van der Waals surface area (Å²) in [6.45, 7) is 4.64. The van der Waals surface area contributed by atoms with E-state index in [0.29, 0.717) is 24.7 Å². The maximum Gasteiger partial charge on any atom is 0.338 e. The van der Waals surface area contributed by atoms with Crippen LogP contribution in [0.25, 0.3) is 0 Å². The second-order valence-electron chi connectivity index (χ2n) is 3.96. The minimum atomic E-state index is -0.996. The van der Waals surface area contributed by atoms with Crippen LogP contribution in [-0.2, 0) is 13.1 Å². The van der Waals surface area contributed by atoms with Gasteiger partial charge in [-0.3, -0.25) is 0 Å². The molecule has 2 rings (SSSR count). The van der Waals surface area contributed by atoms with Crippen molar-refractivity contribution < 1.29 is 18.7 Å². The molecular formula is C12H14N2O4. The van der Waals surface area contributed by atoms with E-state index in [2.05, 4.69) is 10.3 Å². The van der Waals surface area contributed by atoms with Gasteiger partial charge in [0.1, 0.15) is 17.8 Å². The number of carboxylic acids is 1. The molecule has 6 heteroatoms. The molecule has 0 unspecified atom stereocenters. The molecule has 2 aromatic heterocycles. The van der Waals surface area contributed by atoms with Crippen LogP contribution in [0.5, 0.6) is 0 Å². The number of nitrogens with one attached hydrogen (secondary N) is 1. The van der Waals surface area contributed by atoms with Crippen molar-refractivity contribution in [2.45, 2.75) is 26.9 Å². The van der Waals surface area contributed by atoms with Gasteiger partial charge in [0.05, 0.1) is 24.3 Å². The van der Waals surface area contributed by atoms with Gasteiger partial charge in [0.25, 0.3) is 0 Å². The molecule has 0 fully saturated rings. The molecule has 0 saturated carbocycles. The summed E-state index contributed by atoms with van der Waals surface area (Å²) >= 11 is 0. The Morgan fingerprint density at radius 3 is 2.78 bits per heavy atom. The van der Waals surface area contributed by atoms with Gasteiger partial charge >= 0.3 is 5.97 Å². The summed E-state index contributed by atoms with van der Waals surface area (Å²) in [5.41, 5.74) is 1.02. The highest BCUT2D eigenvalue weighted by molar-refractivity contribution is 5.87.